The molecule has 2 unspecified atom stereocenters. The van der Waals surface area contributed by atoms with Crippen LogP contribution in [0.4, 0.5) is 0 Å². The predicted molar refractivity (Wildman–Crippen MR) is 95.9 cm³/mol. The standard InChI is InChI=1S/C21H33NO3/c1-14-6-10-16(11-7-14)25-17-12-8-15(9-13-17)22-20(23)18-4-2-3-5-19(18)21(22)24/h14-19H,2-13H2,1H3. The highest BCUT2D eigenvalue weighted by Crippen LogP contribution is 2.41. The Morgan fingerprint density at radius 2 is 1.20 bits per heavy atom. The van der Waals surface area contributed by atoms with Crippen molar-refractivity contribution in [1.29, 1.82) is 0 Å². The molecule has 0 N–H and O–H groups in total. The second-order valence-electron chi connectivity index (χ2n) is 8.99. The van der Waals surface area contributed by atoms with Gasteiger partial charge in [0.25, 0.3) is 0 Å². The van der Waals surface area contributed by atoms with Crippen molar-refractivity contribution in [2.45, 2.75) is 102 Å². The molecular weight excluding hydrogens is 314 g/mol. The van der Waals surface area contributed by atoms with Crippen molar-refractivity contribution >= 4 is 11.8 Å². The first kappa shape index (κ1) is 17.5. The largest absolute Gasteiger partial charge is 0.375 e. The van der Waals surface area contributed by atoms with Gasteiger partial charge in [-0.1, -0.05) is 19.8 Å². The highest BCUT2D eigenvalue weighted by Gasteiger charge is 2.50. The summed E-state index contributed by atoms with van der Waals surface area (Å²) in [4.78, 5) is 27.2. The van der Waals surface area contributed by atoms with E-state index in [2.05, 4.69) is 6.92 Å². The van der Waals surface area contributed by atoms with Gasteiger partial charge in [0.05, 0.1) is 24.0 Å². The summed E-state index contributed by atoms with van der Waals surface area (Å²) in [7, 11) is 0. The summed E-state index contributed by atoms with van der Waals surface area (Å²) in [5.74, 6) is 1.13. The van der Waals surface area contributed by atoms with Crippen molar-refractivity contribution in [2.24, 2.45) is 17.8 Å². The zero-order valence-corrected chi connectivity index (χ0v) is 15.6. The molecule has 1 saturated heterocycles. The van der Waals surface area contributed by atoms with E-state index in [-0.39, 0.29) is 29.7 Å². The minimum Gasteiger partial charge on any atom is -0.375 e. The summed E-state index contributed by atoms with van der Waals surface area (Å²) >= 11 is 0. The van der Waals surface area contributed by atoms with Crippen LogP contribution in [0.2, 0.25) is 0 Å². The lowest BCUT2D eigenvalue weighted by Gasteiger charge is -2.36. The van der Waals surface area contributed by atoms with E-state index < -0.39 is 0 Å². The number of rotatable bonds is 3. The molecule has 4 heteroatoms. The van der Waals surface area contributed by atoms with Gasteiger partial charge in [0.2, 0.25) is 11.8 Å². The Hall–Kier alpha value is -0.900. The van der Waals surface area contributed by atoms with Crippen LogP contribution in [-0.4, -0.2) is 35.0 Å². The molecular formula is C21H33NO3. The molecule has 3 aliphatic carbocycles. The topological polar surface area (TPSA) is 46.6 Å². The molecule has 4 fully saturated rings. The van der Waals surface area contributed by atoms with Gasteiger partial charge in [0, 0.05) is 6.04 Å². The van der Waals surface area contributed by atoms with Crippen molar-refractivity contribution in [3.05, 3.63) is 0 Å². The maximum absolute atomic E-state index is 12.8. The van der Waals surface area contributed by atoms with E-state index >= 15 is 0 Å². The number of fused-ring (bicyclic) bond motifs is 1. The Balaban J connectivity index is 1.30. The van der Waals surface area contributed by atoms with Gasteiger partial charge in [-0.2, -0.15) is 0 Å². The van der Waals surface area contributed by atoms with E-state index in [1.165, 1.54) is 25.7 Å². The number of carbonyl (C=O) groups excluding carboxylic acids is 2. The number of imide groups is 1. The average molecular weight is 347 g/mol. The second-order valence-corrected chi connectivity index (χ2v) is 8.99. The number of nitrogens with zero attached hydrogens (tertiary/aromatic N) is 1. The Morgan fingerprint density at radius 1 is 0.720 bits per heavy atom. The molecule has 2 amide bonds. The summed E-state index contributed by atoms with van der Waals surface area (Å²) in [5.41, 5.74) is 0. The number of carbonyl (C=O) groups is 2. The smallest absolute Gasteiger partial charge is 0.233 e. The monoisotopic (exact) mass is 347 g/mol. The SMILES string of the molecule is CC1CCC(OC2CCC(N3C(=O)C4CCCCC4C3=O)CC2)CC1. The van der Waals surface area contributed by atoms with Crippen molar-refractivity contribution in [3.63, 3.8) is 0 Å². The van der Waals surface area contributed by atoms with Gasteiger partial charge < -0.3 is 4.74 Å². The normalized spacial score (nSPS) is 42.5. The van der Waals surface area contributed by atoms with E-state index in [0.29, 0.717) is 12.2 Å². The second kappa shape index (κ2) is 7.38. The molecule has 2 atom stereocenters. The maximum atomic E-state index is 12.8. The van der Waals surface area contributed by atoms with Crippen LogP contribution in [0.25, 0.3) is 0 Å². The first-order valence-corrected chi connectivity index (χ1v) is 10.7. The quantitative estimate of drug-likeness (QED) is 0.723. The van der Waals surface area contributed by atoms with Crippen LogP contribution < -0.4 is 0 Å². The molecule has 4 aliphatic rings. The summed E-state index contributed by atoms with van der Waals surface area (Å²) < 4.78 is 6.35. The number of ether oxygens (including phenoxy) is 1. The molecule has 4 rings (SSSR count). The van der Waals surface area contributed by atoms with E-state index in [1.807, 2.05) is 0 Å². The molecule has 0 radical (unpaired) electrons. The van der Waals surface area contributed by atoms with Gasteiger partial charge in [-0.05, 0) is 70.1 Å². The Bertz CT molecular complexity index is 479. The fourth-order valence-electron chi connectivity index (χ4n) is 5.63. The minimum atomic E-state index is -0.000507. The van der Waals surface area contributed by atoms with Crippen LogP contribution in [0.3, 0.4) is 0 Å². The number of likely N-dealkylation sites (tertiary alicyclic amines) is 1. The van der Waals surface area contributed by atoms with Crippen molar-refractivity contribution in [1.82, 2.24) is 4.90 Å². The Labute approximate surface area is 151 Å². The maximum Gasteiger partial charge on any atom is 0.233 e. The third kappa shape index (κ3) is 3.51. The van der Waals surface area contributed by atoms with Gasteiger partial charge in [-0.25, -0.2) is 0 Å². The van der Waals surface area contributed by atoms with E-state index in [1.54, 1.807) is 4.90 Å². The molecule has 0 aromatic heterocycles. The Kier molecular flexibility index (Phi) is 5.17. The molecule has 25 heavy (non-hydrogen) atoms. The van der Waals surface area contributed by atoms with E-state index in [9.17, 15) is 9.59 Å². The molecule has 3 saturated carbocycles. The zero-order valence-electron chi connectivity index (χ0n) is 15.6. The van der Waals surface area contributed by atoms with E-state index in [0.717, 1.165) is 57.3 Å². The van der Waals surface area contributed by atoms with E-state index in [4.69, 9.17) is 4.74 Å². The molecule has 0 bridgehead atoms. The van der Waals surface area contributed by atoms with Crippen molar-refractivity contribution < 1.29 is 14.3 Å². The first-order valence-electron chi connectivity index (χ1n) is 10.7. The van der Waals surface area contributed by atoms with Crippen LogP contribution in [0.5, 0.6) is 0 Å². The molecule has 1 aliphatic heterocycles. The molecule has 1 heterocycles. The number of hydrogen-bond donors (Lipinski definition) is 0. The Morgan fingerprint density at radius 3 is 1.72 bits per heavy atom. The average Bonchev–Trinajstić information content (AvgIpc) is 2.89. The van der Waals surface area contributed by atoms with Gasteiger partial charge >= 0.3 is 0 Å². The zero-order chi connectivity index (χ0) is 17.4. The molecule has 0 aromatic rings. The van der Waals surface area contributed by atoms with Crippen LogP contribution in [-0.2, 0) is 14.3 Å². The van der Waals surface area contributed by atoms with Crippen LogP contribution in [0, 0.1) is 17.8 Å². The van der Waals surface area contributed by atoms with Crippen molar-refractivity contribution in [2.75, 3.05) is 0 Å². The van der Waals surface area contributed by atoms with Crippen LogP contribution >= 0.6 is 0 Å². The van der Waals surface area contributed by atoms with Gasteiger partial charge in [-0.15, -0.1) is 0 Å². The fraction of sp³-hybridized carbons (Fsp3) is 0.905. The molecule has 4 nitrogen and oxygen atoms in total. The summed E-state index contributed by atoms with van der Waals surface area (Å²) in [6, 6.07) is 0.136. The number of amides is 2. The van der Waals surface area contributed by atoms with Crippen LogP contribution in [0.1, 0.15) is 84.0 Å². The summed E-state index contributed by atoms with van der Waals surface area (Å²) in [5, 5.41) is 0. The highest BCUT2D eigenvalue weighted by molar-refractivity contribution is 6.05. The lowest BCUT2D eigenvalue weighted by atomic mass is 9.81. The summed E-state index contributed by atoms with van der Waals surface area (Å²) in [6.07, 6.45) is 13.7. The lowest BCUT2D eigenvalue weighted by molar-refractivity contribution is -0.144. The summed E-state index contributed by atoms with van der Waals surface area (Å²) in [6.45, 7) is 2.34. The first-order chi connectivity index (χ1) is 12.1. The van der Waals surface area contributed by atoms with Gasteiger partial charge in [-0.3, -0.25) is 14.5 Å². The predicted octanol–water partition coefficient (Wildman–Crippen LogP) is 4.07. The molecule has 0 spiro atoms. The fourth-order valence-corrected chi connectivity index (χ4v) is 5.63. The molecule has 0 aromatic carbocycles. The number of hydrogen-bond acceptors (Lipinski definition) is 3. The third-order valence-electron chi connectivity index (χ3n) is 7.23. The lowest BCUT2D eigenvalue weighted by Crippen LogP contribution is -2.44. The van der Waals surface area contributed by atoms with Gasteiger partial charge in [0.15, 0.2) is 0 Å². The minimum absolute atomic E-state index is 0.000507. The third-order valence-corrected chi connectivity index (χ3v) is 7.23. The molecule has 140 valence electrons. The van der Waals surface area contributed by atoms with Crippen LogP contribution in [0.15, 0.2) is 0 Å². The van der Waals surface area contributed by atoms with Gasteiger partial charge in [0.1, 0.15) is 0 Å². The van der Waals surface area contributed by atoms with Crippen molar-refractivity contribution in [3.8, 4) is 0 Å². The highest BCUT2D eigenvalue weighted by atomic mass is 16.5.